The van der Waals surface area contributed by atoms with E-state index in [0.29, 0.717) is 13.0 Å². The first kappa shape index (κ1) is 9.52. The zero-order chi connectivity index (χ0) is 8.81. The molecule has 0 unspecified atom stereocenters. The molecule has 70 valence electrons. The molecule has 1 saturated heterocycles. The Morgan fingerprint density at radius 3 is 3.08 bits per heavy atom. The van der Waals surface area contributed by atoms with Crippen LogP contribution in [0.1, 0.15) is 32.6 Å². The molecule has 1 amide bonds. The molecule has 1 rings (SSSR count). The van der Waals surface area contributed by atoms with Gasteiger partial charge in [-0.15, -0.1) is 0 Å². The lowest BCUT2D eigenvalue weighted by Gasteiger charge is -2.22. The molecule has 0 saturated carbocycles. The molecule has 0 aromatic carbocycles. The first-order valence-corrected chi connectivity index (χ1v) is 4.70. The number of nitrogens with one attached hydrogen (secondary N) is 1. The number of ether oxygens (including phenoxy) is 1. The maximum Gasteiger partial charge on any atom is 0.220 e. The highest BCUT2D eigenvalue weighted by atomic mass is 16.5. The van der Waals surface area contributed by atoms with Gasteiger partial charge in [-0.25, -0.2) is 0 Å². The molecule has 3 heteroatoms. The Morgan fingerprint density at radius 2 is 2.50 bits per heavy atom. The van der Waals surface area contributed by atoms with Crippen molar-refractivity contribution >= 4 is 5.91 Å². The Kier molecular flexibility index (Phi) is 4.08. The Labute approximate surface area is 73.5 Å². The summed E-state index contributed by atoms with van der Waals surface area (Å²) >= 11 is 0. The minimum atomic E-state index is 0.160. The van der Waals surface area contributed by atoms with Gasteiger partial charge in [-0.05, 0) is 19.3 Å². The van der Waals surface area contributed by atoms with E-state index in [2.05, 4.69) is 5.32 Å². The van der Waals surface area contributed by atoms with Crippen molar-refractivity contribution in [1.82, 2.24) is 5.32 Å². The fourth-order valence-corrected chi connectivity index (χ4v) is 1.38. The summed E-state index contributed by atoms with van der Waals surface area (Å²) < 4.78 is 5.25. The summed E-state index contributed by atoms with van der Waals surface area (Å²) in [6.45, 7) is 3.55. The van der Waals surface area contributed by atoms with Gasteiger partial charge in [0.15, 0.2) is 0 Å². The molecule has 3 nitrogen and oxygen atoms in total. The normalized spacial score (nSPS) is 23.6. The van der Waals surface area contributed by atoms with E-state index in [1.807, 2.05) is 6.92 Å². The van der Waals surface area contributed by atoms with Crippen LogP contribution < -0.4 is 5.32 Å². The summed E-state index contributed by atoms with van der Waals surface area (Å²) in [5.74, 6) is 0.160. The predicted octanol–water partition coefficient (Wildman–Crippen LogP) is 1.08. The second-order valence-electron chi connectivity index (χ2n) is 3.23. The largest absolute Gasteiger partial charge is 0.379 e. The van der Waals surface area contributed by atoms with Crippen LogP contribution in [0.3, 0.4) is 0 Å². The maximum absolute atomic E-state index is 11.1. The molecule has 1 aliphatic rings. The number of rotatable bonds is 3. The summed E-state index contributed by atoms with van der Waals surface area (Å²) in [6.07, 6.45) is 3.68. The summed E-state index contributed by atoms with van der Waals surface area (Å²) in [7, 11) is 0. The molecular formula is C9H17NO2. The van der Waals surface area contributed by atoms with Crippen molar-refractivity contribution in [3.05, 3.63) is 0 Å². The zero-order valence-corrected chi connectivity index (χ0v) is 7.64. The first-order chi connectivity index (χ1) is 5.83. The van der Waals surface area contributed by atoms with Crippen LogP contribution in [0.2, 0.25) is 0 Å². The van der Waals surface area contributed by atoms with Gasteiger partial charge < -0.3 is 10.1 Å². The Hall–Kier alpha value is -0.570. The Balaban J connectivity index is 2.15. The van der Waals surface area contributed by atoms with Gasteiger partial charge in [0.25, 0.3) is 0 Å². The Morgan fingerprint density at radius 1 is 1.67 bits per heavy atom. The third kappa shape index (κ3) is 3.22. The van der Waals surface area contributed by atoms with E-state index in [4.69, 9.17) is 4.74 Å². The number of amides is 1. The molecule has 0 aromatic rings. The van der Waals surface area contributed by atoms with E-state index in [0.717, 1.165) is 25.9 Å². The van der Waals surface area contributed by atoms with Crippen molar-refractivity contribution in [1.29, 1.82) is 0 Å². The van der Waals surface area contributed by atoms with Gasteiger partial charge in [0.2, 0.25) is 5.91 Å². The van der Waals surface area contributed by atoms with E-state index in [-0.39, 0.29) is 11.9 Å². The Bertz CT molecular complexity index is 141. The molecule has 1 aliphatic heterocycles. The van der Waals surface area contributed by atoms with Crippen molar-refractivity contribution in [2.75, 3.05) is 13.2 Å². The first-order valence-electron chi connectivity index (χ1n) is 4.70. The van der Waals surface area contributed by atoms with Crippen molar-refractivity contribution in [3.8, 4) is 0 Å². The average Bonchev–Trinajstić information content (AvgIpc) is 2.06. The minimum absolute atomic E-state index is 0.160. The lowest BCUT2D eigenvalue weighted by atomic mass is 10.1. The number of carbonyl (C=O) groups excluding carboxylic acids is 1. The van der Waals surface area contributed by atoms with Crippen LogP contribution in [0, 0.1) is 0 Å². The van der Waals surface area contributed by atoms with Crippen molar-refractivity contribution in [2.45, 2.75) is 38.6 Å². The van der Waals surface area contributed by atoms with Crippen LogP contribution in [0.15, 0.2) is 0 Å². The second kappa shape index (κ2) is 5.14. The highest BCUT2D eigenvalue weighted by Gasteiger charge is 2.14. The number of carbonyl (C=O) groups is 1. The van der Waals surface area contributed by atoms with Gasteiger partial charge in [-0.2, -0.15) is 0 Å². The van der Waals surface area contributed by atoms with Gasteiger partial charge in [0.1, 0.15) is 0 Å². The molecule has 0 aliphatic carbocycles. The molecule has 0 radical (unpaired) electrons. The standard InChI is InChI=1S/C9H17NO2/c1-2-4-9(11)10-8-5-3-6-12-7-8/h8H,2-7H2,1H3,(H,10,11)/t8-/m0/s1. The highest BCUT2D eigenvalue weighted by molar-refractivity contribution is 5.76. The van der Waals surface area contributed by atoms with Crippen LogP contribution in [-0.2, 0) is 9.53 Å². The predicted molar refractivity (Wildman–Crippen MR) is 46.9 cm³/mol. The van der Waals surface area contributed by atoms with Gasteiger partial charge in [-0.3, -0.25) is 4.79 Å². The zero-order valence-electron chi connectivity index (χ0n) is 7.64. The van der Waals surface area contributed by atoms with E-state index in [1.165, 1.54) is 0 Å². The number of hydrogen-bond acceptors (Lipinski definition) is 2. The van der Waals surface area contributed by atoms with E-state index < -0.39 is 0 Å². The van der Waals surface area contributed by atoms with Crippen molar-refractivity contribution in [3.63, 3.8) is 0 Å². The lowest BCUT2D eigenvalue weighted by molar-refractivity contribution is -0.122. The van der Waals surface area contributed by atoms with E-state index in [1.54, 1.807) is 0 Å². The van der Waals surface area contributed by atoms with Crippen LogP contribution in [0.5, 0.6) is 0 Å². The topological polar surface area (TPSA) is 38.3 Å². The van der Waals surface area contributed by atoms with Crippen LogP contribution >= 0.6 is 0 Å². The van der Waals surface area contributed by atoms with Gasteiger partial charge in [0.05, 0.1) is 12.6 Å². The molecule has 1 atom stereocenters. The summed E-state index contributed by atoms with van der Waals surface area (Å²) in [5.41, 5.74) is 0. The van der Waals surface area contributed by atoms with Crippen LogP contribution in [0.4, 0.5) is 0 Å². The second-order valence-corrected chi connectivity index (χ2v) is 3.23. The van der Waals surface area contributed by atoms with Crippen LogP contribution in [0.25, 0.3) is 0 Å². The highest BCUT2D eigenvalue weighted by Crippen LogP contribution is 2.05. The summed E-state index contributed by atoms with van der Waals surface area (Å²) in [6, 6.07) is 0.262. The molecule has 0 aromatic heterocycles. The summed E-state index contributed by atoms with van der Waals surface area (Å²) in [5, 5.41) is 2.96. The van der Waals surface area contributed by atoms with Gasteiger partial charge in [0, 0.05) is 13.0 Å². The monoisotopic (exact) mass is 171 g/mol. The molecule has 1 heterocycles. The fourth-order valence-electron chi connectivity index (χ4n) is 1.38. The maximum atomic E-state index is 11.1. The summed E-state index contributed by atoms with van der Waals surface area (Å²) in [4.78, 5) is 11.1. The van der Waals surface area contributed by atoms with Gasteiger partial charge >= 0.3 is 0 Å². The third-order valence-corrected chi connectivity index (χ3v) is 2.00. The smallest absolute Gasteiger partial charge is 0.220 e. The quantitative estimate of drug-likeness (QED) is 0.690. The minimum Gasteiger partial charge on any atom is -0.379 e. The molecule has 1 fully saturated rings. The average molecular weight is 171 g/mol. The molecule has 0 bridgehead atoms. The molecule has 12 heavy (non-hydrogen) atoms. The van der Waals surface area contributed by atoms with E-state index >= 15 is 0 Å². The van der Waals surface area contributed by atoms with Crippen molar-refractivity contribution < 1.29 is 9.53 Å². The van der Waals surface area contributed by atoms with Gasteiger partial charge in [-0.1, -0.05) is 6.92 Å². The van der Waals surface area contributed by atoms with Crippen LogP contribution in [-0.4, -0.2) is 25.2 Å². The fraction of sp³-hybridized carbons (Fsp3) is 0.889. The molecule has 1 N–H and O–H groups in total. The van der Waals surface area contributed by atoms with E-state index in [9.17, 15) is 4.79 Å². The molecular weight excluding hydrogens is 154 g/mol. The SMILES string of the molecule is CCCC(=O)N[C@H]1CCCOC1. The third-order valence-electron chi connectivity index (χ3n) is 2.00. The number of hydrogen-bond donors (Lipinski definition) is 1. The lowest BCUT2D eigenvalue weighted by Crippen LogP contribution is -2.40. The molecule has 0 spiro atoms. The van der Waals surface area contributed by atoms with Crippen molar-refractivity contribution in [2.24, 2.45) is 0 Å².